The fourth-order valence-electron chi connectivity index (χ4n) is 4.73. The maximum Gasteiger partial charge on any atom is 0.309 e. The maximum atomic E-state index is 13.0. The fraction of sp³-hybridized carbons (Fsp3) is 0.385. The smallest absolute Gasteiger partial charge is 0.309 e. The van der Waals surface area contributed by atoms with E-state index >= 15 is 0 Å². The molecular weight excluding hydrogens is 436 g/mol. The normalized spacial score (nSPS) is 19.5. The van der Waals surface area contributed by atoms with E-state index in [9.17, 15) is 19.2 Å². The number of imide groups is 1. The number of fused-ring (bicyclic) bond motifs is 1. The highest BCUT2D eigenvalue weighted by atomic mass is 16.5. The Morgan fingerprint density at radius 2 is 1.68 bits per heavy atom. The lowest BCUT2D eigenvalue weighted by Crippen LogP contribution is -2.37. The minimum absolute atomic E-state index is 0.0165. The highest BCUT2D eigenvalue weighted by molar-refractivity contribution is 6.22. The predicted octanol–water partition coefficient (Wildman–Crippen LogP) is 3.20. The van der Waals surface area contributed by atoms with Crippen LogP contribution in [0.1, 0.15) is 62.3 Å². The van der Waals surface area contributed by atoms with Gasteiger partial charge in [-0.05, 0) is 54.7 Å². The number of hydrogen-bond donors (Lipinski definition) is 1. The van der Waals surface area contributed by atoms with Crippen LogP contribution in [0, 0.1) is 11.8 Å². The number of benzene rings is 2. The number of ether oxygens (including phenoxy) is 2. The SMILES string of the molecule is COC(=O)C1CCCCC1CNC(=O)c1ccc2c(c1)C(=O)N(Cc1ccc(OC)cc1)C2=O. The van der Waals surface area contributed by atoms with Gasteiger partial charge in [0.15, 0.2) is 0 Å². The van der Waals surface area contributed by atoms with Crippen LogP contribution in [-0.2, 0) is 16.1 Å². The topological polar surface area (TPSA) is 102 Å². The van der Waals surface area contributed by atoms with Gasteiger partial charge in [0.2, 0.25) is 0 Å². The molecule has 0 spiro atoms. The zero-order valence-corrected chi connectivity index (χ0v) is 19.3. The highest BCUT2D eigenvalue weighted by Crippen LogP contribution is 2.31. The monoisotopic (exact) mass is 464 g/mol. The molecule has 8 nitrogen and oxygen atoms in total. The van der Waals surface area contributed by atoms with Gasteiger partial charge in [0.25, 0.3) is 17.7 Å². The Balaban J connectivity index is 1.43. The summed E-state index contributed by atoms with van der Waals surface area (Å²) in [6.07, 6.45) is 3.58. The molecule has 2 aliphatic rings. The van der Waals surface area contributed by atoms with Gasteiger partial charge in [-0.3, -0.25) is 24.1 Å². The van der Waals surface area contributed by atoms with Crippen LogP contribution in [0.4, 0.5) is 0 Å². The average Bonchev–Trinajstić information content (AvgIpc) is 3.11. The summed E-state index contributed by atoms with van der Waals surface area (Å²) in [5.74, 6) is -0.904. The van der Waals surface area contributed by atoms with Crippen molar-refractivity contribution in [2.45, 2.75) is 32.2 Å². The Kier molecular flexibility index (Phi) is 6.95. The van der Waals surface area contributed by atoms with Crippen LogP contribution in [-0.4, -0.2) is 49.4 Å². The lowest BCUT2D eigenvalue weighted by molar-refractivity contribution is -0.148. The van der Waals surface area contributed by atoms with Gasteiger partial charge in [-0.25, -0.2) is 0 Å². The minimum Gasteiger partial charge on any atom is -0.497 e. The number of carbonyl (C=O) groups is 4. The molecule has 1 saturated carbocycles. The zero-order chi connectivity index (χ0) is 24.2. The maximum absolute atomic E-state index is 13.0. The Morgan fingerprint density at radius 3 is 2.38 bits per heavy atom. The van der Waals surface area contributed by atoms with Crippen LogP contribution in [0.15, 0.2) is 42.5 Å². The van der Waals surface area contributed by atoms with Crippen LogP contribution in [0.3, 0.4) is 0 Å². The van der Waals surface area contributed by atoms with E-state index in [0.29, 0.717) is 17.9 Å². The first-order valence-corrected chi connectivity index (χ1v) is 11.4. The van der Waals surface area contributed by atoms with E-state index < -0.39 is 5.91 Å². The summed E-state index contributed by atoms with van der Waals surface area (Å²) in [5.41, 5.74) is 1.60. The number of esters is 1. The van der Waals surface area contributed by atoms with Crippen LogP contribution in [0.2, 0.25) is 0 Å². The van der Waals surface area contributed by atoms with Crippen molar-refractivity contribution >= 4 is 23.7 Å². The fourth-order valence-corrected chi connectivity index (χ4v) is 4.73. The third-order valence-corrected chi connectivity index (χ3v) is 6.67. The van der Waals surface area contributed by atoms with E-state index in [4.69, 9.17) is 9.47 Å². The number of nitrogens with one attached hydrogen (secondary N) is 1. The molecule has 1 fully saturated rings. The first-order chi connectivity index (χ1) is 16.4. The standard InChI is InChI=1S/C26H28N2O6/c1-33-19-10-7-16(8-11-19)15-28-24(30)21-12-9-17(13-22(21)25(28)31)23(29)27-14-18-5-3-4-6-20(18)26(32)34-2/h7-13,18,20H,3-6,14-15H2,1-2H3,(H,27,29). The predicted molar refractivity (Wildman–Crippen MR) is 123 cm³/mol. The second-order valence-corrected chi connectivity index (χ2v) is 8.69. The molecule has 1 aliphatic carbocycles. The first-order valence-electron chi connectivity index (χ1n) is 11.4. The summed E-state index contributed by atoms with van der Waals surface area (Å²) in [6, 6.07) is 11.7. The quantitative estimate of drug-likeness (QED) is 0.499. The van der Waals surface area contributed by atoms with E-state index in [-0.39, 0.29) is 47.3 Å². The molecular formula is C26H28N2O6. The van der Waals surface area contributed by atoms with Crippen molar-refractivity contribution in [1.29, 1.82) is 0 Å². The first kappa shape index (κ1) is 23.5. The highest BCUT2D eigenvalue weighted by Gasteiger charge is 2.36. The Bertz CT molecular complexity index is 1110. The van der Waals surface area contributed by atoms with Crippen molar-refractivity contribution in [1.82, 2.24) is 10.2 Å². The second kappa shape index (κ2) is 10.1. The molecule has 3 amide bonds. The lowest BCUT2D eigenvalue weighted by Gasteiger charge is -2.29. The summed E-state index contributed by atoms with van der Waals surface area (Å²) in [5, 5.41) is 2.89. The van der Waals surface area contributed by atoms with Gasteiger partial charge < -0.3 is 14.8 Å². The molecule has 2 unspecified atom stereocenters. The minimum atomic E-state index is -0.427. The molecule has 1 N–H and O–H groups in total. The Morgan fingerprint density at radius 1 is 0.971 bits per heavy atom. The van der Waals surface area contributed by atoms with Crippen molar-refractivity contribution in [3.8, 4) is 5.75 Å². The molecule has 1 aliphatic heterocycles. The van der Waals surface area contributed by atoms with Crippen molar-refractivity contribution in [3.63, 3.8) is 0 Å². The molecule has 2 aromatic rings. The average molecular weight is 465 g/mol. The molecule has 0 aromatic heterocycles. The van der Waals surface area contributed by atoms with Gasteiger partial charge in [0.1, 0.15) is 5.75 Å². The van der Waals surface area contributed by atoms with Gasteiger partial charge >= 0.3 is 5.97 Å². The summed E-state index contributed by atoms with van der Waals surface area (Å²) in [7, 11) is 2.95. The van der Waals surface area contributed by atoms with E-state index in [1.54, 1.807) is 37.4 Å². The molecule has 2 aromatic carbocycles. The molecule has 8 heteroatoms. The summed E-state index contributed by atoms with van der Waals surface area (Å²) < 4.78 is 10.1. The number of hydrogen-bond acceptors (Lipinski definition) is 6. The summed E-state index contributed by atoms with van der Waals surface area (Å²) in [4.78, 5) is 51.8. The zero-order valence-electron chi connectivity index (χ0n) is 19.3. The van der Waals surface area contributed by atoms with E-state index in [1.807, 2.05) is 0 Å². The van der Waals surface area contributed by atoms with Crippen molar-refractivity contribution in [3.05, 3.63) is 64.7 Å². The molecule has 34 heavy (non-hydrogen) atoms. The Hall–Kier alpha value is -3.68. The summed E-state index contributed by atoms with van der Waals surface area (Å²) >= 11 is 0. The van der Waals surface area contributed by atoms with Crippen molar-refractivity contribution in [2.24, 2.45) is 11.8 Å². The molecule has 2 atom stereocenters. The van der Waals surface area contributed by atoms with Crippen LogP contribution in [0.25, 0.3) is 0 Å². The van der Waals surface area contributed by atoms with Crippen LogP contribution in [0.5, 0.6) is 5.75 Å². The molecule has 0 bridgehead atoms. The van der Waals surface area contributed by atoms with Gasteiger partial charge in [0.05, 0.1) is 37.8 Å². The van der Waals surface area contributed by atoms with Crippen molar-refractivity contribution in [2.75, 3.05) is 20.8 Å². The van der Waals surface area contributed by atoms with Gasteiger partial charge in [0, 0.05) is 12.1 Å². The molecule has 0 saturated heterocycles. The summed E-state index contributed by atoms with van der Waals surface area (Å²) in [6.45, 7) is 0.487. The third kappa shape index (κ3) is 4.66. The molecule has 0 radical (unpaired) electrons. The van der Waals surface area contributed by atoms with Crippen LogP contribution >= 0.6 is 0 Å². The second-order valence-electron chi connectivity index (χ2n) is 8.69. The number of rotatable bonds is 7. The largest absolute Gasteiger partial charge is 0.497 e. The number of nitrogens with zero attached hydrogens (tertiary/aromatic N) is 1. The third-order valence-electron chi connectivity index (χ3n) is 6.67. The van der Waals surface area contributed by atoms with Crippen LogP contribution < -0.4 is 10.1 Å². The van der Waals surface area contributed by atoms with Gasteiger partial charge in [-0.2, -0.15) is 0 Å². The van der Waals surface area contributed by atoms with Crippen molar-refractivity contribution < 1.29 is 28.7 Å². The van der Waals surface area contributed by atoms with Gasteiger partial charge in [-0.1, -0.05) is 25.0 Å². The van der Waals surface area contributed by atoms with E-state index in [2.05, 4.69) is 5.32 Å². The van der Waals surface area contributed by atoms with E-state index in [1.165, 1.54) is 24.1 Å². The number of carbonyl (C=O) groups excluding carboxylic acids is 4. The molecule has 1 heterocycles. The molecule has 4 rings (SSSR count). The Labute approximate surface area is 198 Å². The van der Waals surface area contributed by atoms with Gasteiger partial charge in [-0.15, -0.1) is 0 Å². The molecule has 178 valence electrons. The van der Waals surface area contributed by atoms with E-state index in [0.717, 1.165) is 31.2 Å². The lowest BCUT2D eigenvalue weighted by atomic mass is 9.79. The number of amides is 3. The number of methoxy groups -OCH3 is 2.